The van der Waals surface area contributed by atoms with Gasteiger partial charge in [0.1, 0.15) is 0 Å². The fourth-order valence-corrected chi connectivity index (χ4v) is 2.98. The molecule has 1 unspecified atom stereocenters. The molecule has 1 atom stereocenters. The molecule has 0 N–H and O–H groups in total. The SMILES string of the molecule is CCOC(=O)CCCC(C)O[Si](C)(C)C(C)(C)C. The zero-order chi connectivity index (χ0) is 14.4. The first-order valence-corrected chi connectivity index (χ1v) is 9.84. The lowest BCUT2D eigenvalue weighted by Crippen LogP contribution is -2.43. The van der Waals surface area contributed by atoms with E-state index >= 15 is 0 Å². The van der Waals surface area contributed by atoms with Crippen molar-refractivity contribution in [3.8, 4) is 0 Å². The van der Waals surface area contributed by atoms with Crippen molar-refractivity contribution in [1.29, 1.82) is 0 Å². The molecule has 0 fully saturated rings. The molecule has 0 saturated carbocycles. The summed E-state index contributed by atoms with van der Waals surface area (Å²) in [6, 6.07) is 0. The zero-order valence-corrected chi connectivity index (χ0v) is 14.1. The van der Waals surface area contributed by atoms with Crippen molar-refractivity contribution in [2.24, 2.45) is 0 Å². The van der Waals surface area contributed by atoms with E-state index in [0.29, 0.717) is 13.0 Å². The molecule has 0 aromatic heterocycles. The highest BCUT2D eigenvalue weighted by atomic mass is 28.4. The smallest absolute Gasteiger partial charge is 0.305 e. The number of esters is 1. The first-order chi connectivity index (χ1) is 8.10. The minimum absolute atomic E-state index is 0.1000. The van der Waals surface area contributed by atoms with Crippen molar-refractivity contribution < 1.29 is 14.0 Å². The van der Waals surface area contributed by atoms with Crippen LogP contribution in [0.25, 0.3) is 0 Å². The lowest BCUT2D eigenvalue weighted by Gasteiger charge is -2.38. The molecule has 0 aliphatic heterocycles. The molecular formula is C14H30O3Si. The quantitative estimate of drug-likeness (QED) is 0.517. The minimum atomic E-state index is -1.68. The van der Waals surface area contributed by atoms with E-state index in [-0.39, 0.29) is 17.1 Å². The Bertz CT molecular complexity index is 256. The molecule has 0 aromatic rings. The van der Waals surface area contributed by atoms with Gasteiger partial charge in [0.25, 0.3) is 0 Å². The van der Waals surface area contributed by atoms with Crippen molar-refractivity contribution in [1.82, 2.24) is 0 Å². The molecule has 0 spiro atoms. The van der Waals surface area contributed by atoms with Gasteiger partial charge in [-0.3, -0.25) is 4.79 Å². The Morgan fingerprint density at radius 3 is 2.28 bits per heavy atom. The van der Waals surface area contributed by atoms with Gasteiger partial charge in [0.05, 0.1) is 6.61 Å². The summed E-state index contributed by atoms with van der Waals surface area (Å²) < 4.78 is 11.1. The summed E-state index contributed by atoms with van der Waals surface area (Å²) in [7, 11) is -1.68. The van der Waals surface area contributed by atoms with Gasteiger partial charge < -0.3 is 9.16 Å². The summed E-state index contributed by atoms with van der Waals surface area (Å²) >= 11 is 0. The predicted molar refractivity (Wildman–Crippen MR) is 78.2 cm³/mol. The Morgan fingerprint density at radius 2 is 1.83 bits per heavy atom. The standard InChI is InChI=1S/C14H30O3Si/c1-8-16-13(15)11-9-10-12(2)17-18(6,7)14(3,4)5/h12H,8-11H2,1-7H3. The van der Waals surface area contributed by atoms with Crippen LogP contribution < -0.4 is 0 Å². The third-order valence-electron chi connectivity index (χ3n) is 3.60. The molecule has 0 radical (unpaired) electrons. The van der Waals surface area contributed by atoms with Gasteiger partial charge >= 0.3 is 5.97 Å². The summed E-state index contributed by atoms with van der Waals surface area (Å²) in [5.74, 6) is -0.1000. The molecule has 0 amide bonds. The van der Waals surface area contributed by atoms with Gasteiger partial charge in [-0.1, -0.05) is 20.8 Å². The second-order valence-electron chi connectivity index (χ2n) is 6.39. The molecule has 0 aromatic carbocycles. The third kappa shape index (κ3) is 6.54. The van der Waals surface area contributed by atoms with Crippen LogP contribution in [0.2, 0.25) is 18.1 Å². The van der Waals surface area contributed by atoms with Crippen LogP contribution >= 0.6 is 0 Å². The Kier molecular flexibility index (Phi) is 7.15. The van der Waals surface area contributed by atoms with Crippen LogP contribution in [0.1, 0.15) is 53.9 Å². The predicted octanol–water partition coefficient (Wildman–Crippen LogP) is 4.13. The molecule has 0 saturated heterocycles. The van der Waals surface area contributed by atoms with E-state index in [1.165, 1.54) is 0 Å². The van der Waals surface area contributed by atoms with Gasteiger partial charge in [-0.2, -0.15) is 0 Å². The van der Waals surface area contributed by atoms with Crippen LogP contribution in [0.4, 0.5) is 0 Å². The summed E-state index contributed by atoms with van der Waals surface area (Å²) in [6.45, 7) is 15.6. The summed E-state index contributed by atoms with van der Waals surface area (Å²) in [4.78, 5) is 11.2. The highest BCUT2D eigenvalue weighted by Crippen LogP contribution is 2.37. The van der Waals surface area contributed by atoms with Crippen LogP contribution in [-0.4, -0.2) is 27.0 Å². The first-order valence-electron chi connectivity index (χ1n) is 6.93. The maximum Gasteiger partial charge on any atom is 0.305 e. The van der Waals surface area contributed by atoms with E-state index in [1.807, 2.05) is 6.92 Å². The largest absolute Gasteiger partial charge is 0.466 e. The second-order valence-corrected chi connectivity index (χ2v) is 11.1. The number of ether oxygens (including phenoxy) is 1. The fourth-order valence-electron chi connectivity index (χ4n) is 1.51. The molecule has 0 bridgehead atoms. The monoisotopic (exact) mass is 274 g/mol. The van der Waals surface area contributed by atoms with Crippen molar-refractivity contribution in [3.63, 3.8) is 0 Å². The molecular weight excluding hydrogens is 244 g/mol. The van der Waals surface area contributed by atoms with Crippen LogP contribution in [0.15, 0.2) is 0 Å². The first kappa shape index (κ1) is 17.6. The van der Waals surface area contributed by atoms with Crippen LogP contribution in [0, 0.1) is 0 Å². The Morgan fingerprint density at radius 1 is 1.28 bits per heavy atom. The van der Waals surface area contributed by atoms with E-state index in [9.17, 15) is 4.79 Å². The van der Waals surface area contributed by atoms with Crippen LogP contribution in [0.3, 0.4) is 0 Å². The molecule has 108 valence electrons. The van der Waals surface area contributed by atoms with Gasteiger partial charge in [-0.15, -0.1) is 0 Å². The Labute approximate surface area is 113 Å². The van der Waals surface area contributed by atoms with E-state index in [0.717, 1.165) is 12.8 Å². The molecule has 18 heavy (non-hydrogen) atoms. The molecule has 0 aliphatic rings. The Balaban J connectivity index is 3.98. The van der Waals surface area contributed by atoms with Gasteiger partial charge in [0, 0.05) is 12.5 Å². The van der Waals surface area contributed by atoms with Crippen LogP contribution in [0.5, 0.6) is 0 Å². The normalized spacial score (nSPS) is 14.4. The van der Waals surface area contributed by atoms with E-state index in [1.54, 1.807) is 0 Å². The second kappa shape index (κ2) is 7.29. The average molecular weight is 274 g/mol. The van der Waals surface area contributed by atoms with Crippen molar-refractivity contribution in [2.75, 3.05) is 6.61 Å². The van der Waals surface area contributed by atoms with Gasteiger partial charge in [-0.05, 0) is 44.8 Å². The van der Waals surface area contributed by atoms with Crippen molar-refractivity contribution >= 4 is 14.3 Å². The maximum absolute atomic E-state index is 11.2. The third-order valence-corrected chi connectivity index (χ3v) is 8.20. The Hall–Kier alpha value is -0.353. The van der Waals surface area contributed by atoms with Gasteiger partial charge in [0.2, 0.25) is 0 Å². The molecule has 0 rings (SSSR count). The average Bonchev–Trinajstić information content (AvgIpc) is 2.15. The zero-order valence-electron chi connectivity index (χ0n) is 13.1. The maximum atomic E-state index is 11.2. The van der Waals surface area contributed by atoms with Crippen LogP contribution in [-0.2, 0) is 14.0 Å². The number of hydrogen-bond donors (Lipinski definition) is 0. The fraction of sp³-hybridized carbons (Fsp3) is 0.929. The lowest BCUT2D eigenvalue weighted by atomic mass is 10.2. The molecule has 4 heteroatoms. The summed E-state index contributed by atoms with van der Waals surface area (Å²) in [5, 5.41) is 0.238. The van der Waals surface area contributed by atoms with Crippen molar-refractivity contribution in [3.05, 3.63) is 0 Å². The van der Waals surface area contributed by atoms with E-state index in [2.05, 4.69) is 40.8 Å². The number of hydrogen-bond acceptors (Lipinski definition) is 3. The molecule has 3 nitrogen and oxygen atoms in total. The number of rotatable bonds is 7. The van der Waals surface area contributed by atoms with Gasteiger partial charge in [0.15, 0.2) is 8.32 Å². The number of carbonyl (C=O) groups excluding carboxylic acids is 1. The lowest BCUT2D eigenvalue weighted by molar-refractivity contribution is -0.143. The summed E-state index contributed by atoms with van der Waals surface area (Å²) in [6.07, 6.45) is 2.49. The molecule has 0 heterocycles. The minimum Gasteiger partial charge on any atom is -0.466 e. The highest BCUT2D eigenvalue weighted by Gasteiger charge is 2.38. The highest BCUT2D eigenvalue weighted by molar-refractivity contribution is 6.74. The van der Waals surface area contributed by atoms with E-state index < -0.39 is 8.32 Å². The molecule has 0 aliphatic carbocycles. The summed E-state index contributed by atoms with van der Waals surface area (Å²) in [5.41, 5.74) is 0. The number of carbonyl (C=O) groups is 1. The van der Waals surface area contributed by atoms with Crippen molar-refractivity contribution in [2.45, 2.75) is 78.1 Å². The topological polar surface area (TPSA) is 35.5 Å². The van der Waals surface area contributed by atoms with E-state index in [4.69, 9.17) is 9.16 Å². The van der Waals surface area contributed by atoms with Gasteiger partial charge in [-0.25, -0.2) is 0 Å².